The van der Waals surface area contributed by atoms with Crippen LogP contribution in [0.5, 0.6) is 0 Å². The van der Waals surface area contributed by atoms with Crippen LogP contribution in [0.3, 0.4) is 0 Å². The zero-order chi connectivity index (χ0) is 18.9. The van der Waals surface area contributed by atoms with Crippen LogP contribution in [-0.4, -0.2) is 15.8 Å². The third kappa shape index (κ3) is 7.66. The van der Waals surface area contributed by atoms with Crippen LogP contribution in [0.15, 0.2) is 12.4 Å². The average molecular weight is 347 g/mol. The fraction of sp³-hybridized carbons (Fsp3) is 0.773. The average Bonchev–Trinajstić information content (AvgIpc) is 2.57. The summed E-state index contributed by atoms with van der Waals surface area (Å²) in [6.07, 6.45) is 12.7. The lowest BCUT2D eigenvalue weighted by Gasteiger charge is -2.26. The van der Waals surface area contributed by atoms with Crippen LogP contribution in [0.25, 0.3) is 0 Å². The van der Waals surface area contributed by atoms with Crippen molar-refractivity contribution in [3.8, 4) is 0 Å². The van der Waals surface area contributed by atoms with E-state index >= 15 is 0 Å². The maximum atomic E-state index is 12.6. The highest BCUT2D eigenvalue weighted by atomic mass is 16.1. The first-order valence-corrected chi connectivity index (χ1v) is 10.1. The standard InChI is InChI=1S/C22H38N2O/c1-7-9-11-12-17(3)19(14-20(25)22(4,5)6)21-23-15-18(16-24-21)13-10-8-2/h15-17,19H,7-14H2,1-6H3. The summed E-state index contributed by atoms with van der Waals surface area (Å²) < 4.78 is 0. The first-order valence-electron chi connectivity index (χ1n) is 10.1. The van der Waals surface area contributed by atoms with Crippen LogP contribution < -0.4 is 0 Å². The molecule has 0 aliphatic heterocycles. The summed E-state index contributed by atoms with van der Waals surface area (Å²) in [6, 6.07) is 0. The largest absolute Gasteiger partial charge is 0.299 e. The SMILES string of the molecule is CCCCCC(C)C(CC(=O)C(C)(C)C)c1ncc(CCCC)cn1. The Hall–Kier alpha value is -1.25. The molecule has 0 radical (unpaired) electrons. The Balaban J connectivity index is 2.90. The van der Waals surface area contributed by atoms with E-state index in [-0.39, 0.29) is 11.3 Å². The Labute approximate surface area is 155 Å². The molecule has 3 heteroatoms. The van der Waals surface area contributed by atoms with E-state index in [1.807, 2.05) is 33.2 Å². The zero-order valence-electron chi connectivity index (χ0n) is 17.3. The minimum Gasteiger partial charge on any atom is -0.299 e. The molecule has 0 saturated carbocycles. The second-order valence-electron chi connectivity index (χ2n) is 8.51. The maximum absolute atomic E-state index is 12.6. The molecule has 25 heavy (non-hydrogen) atoms. The Morgan fingerprint density at radius 3 is 2.16 bits per heavy atom. The van der Waals surface area contributed by atoms with Crippen LogP contribution in [0, 0.1) is 11.3 Å². The summed E-state index contributed by atoms with van der Waals surface area (Å²) in [5.41, 5.74) is 0.896. The molecule has 0 amide bonds. The molecule has 2 unspecified atom stereocenters. The van der Waals surface area contributed by atoms with E-state index in [1.54, 1.807) is 0 Å². The van der Waals surface area contributed by atoms with Crippen LogP contribution >= 0.6 is 0 Å². The number of Topliss-reactive ketones (excluding diaryl/α,β-unsaturated/α-hetero) is 1. The summed E-state index contributed by atoms with van der Waals surface area (Å²) in [7, 11) is 0. The lowest BCUT2D eigenvalue weighted by molar-refractivity contribution is -0.127. The van der Waals surface area contributed by atoms with Crippen molar-refractivity contribution in [1.29, 1.82) is 0 Å². The van der Waals surface area contributed by atoms with Crippen LogP contribution in [0.4, 0.5) is 0 Å². The summed E-state index contributed by atoms with van der Waals surface area (Å²) in [5, 5.41) is 0. The van der Waals surface area contributed by atoms with Crippen molar-refractivity contribution in [3.05, 3.63) is 23.8 Å². The monoisotopic (exact) mass is 346 g/mol. The van der Waals surface area contributed by atoms with Crippen molar-refractivity contribution in [1.82, 2.24) is 9.97 Å². The smallest absolute Gasteiger partial charge is 0.138 e. The molecule has 0 saturated heterocycles. The molecule has 0 aliphatic carbocycles. The Bertz CT molecular complexity index is 502. The summed E-state index contributed by atoms with van der Waals surface area (Å²) >= 11 is 0. The number of aryl methyl sites for hydroxylation is 1. The summed E-state index contributed by atoms with van der Waals surface area (Å²) in [5.74, 6) is 1.71. The number of ketones is 1. The molecule has 142 valence electrons. The van der Waals surface area contributed by atoms with Gasteiger partial charge in [-0.15, -0.1) is 0 Å². The van der Waals surface area contributed by atoms with Gasteiger partial charge in [0.1, 0.15) is 11.6 Å². The van der Waals surface area contributed by atoms with Gasteiger partial charge in [0.25, 0.3) is 0 Å². The van der Waals surface area contributed by atoms with Gasteiger partial charge < -0.3 is 0 Å². The molecule has 1 heterocycles. The number of unbranched alkanes of at least 4 members (excludes halogenated alkanes) is 3. The highest BCUT2D eigenvalue weighted by Gasteiger charge is 2.29. The van der Waals surface area contributed by atoms with E-state index in [0.717, 1.165) is 18.7 Å². The molecule has 0 N–H and O–H groups in total. The van der Waals surface area contributed by atoms with Crippen molar-refractivity contribution in [2.24, 2.45) is 11.3 Å². The normalized spacial score (nSPS) is 14.3. The second-order valence-corrected chi connectivity index (χ2v) is 8.51. The van der Waals surface area contributed by atoms with E-state index in [4.69, 9.17) is 0 Å². The zero-order valence-corrected chi connectivity index (χ0v) is 17.3. The summed E-state index contributed by atoms with van der Waals surface area (Å²) in [4.78, 5) is 21.9. The predicted molar refractivity (Wildman–Crippen MR) is 106 cm³/mol. The van der Waals surface area contributed by atoms with Gasteiger partial charge in [-0.1, -0.05) is 67.2 Å². The van der Waals surface area contributed by atoms with E-state index in [9.17, 15) is 4.79 Å². The number of hydrogen-bond acceptors (Lipinski definition) is 3. The van der Waals surface area contributed by atoms with Crippen LogP contribution in [-0.2, 0) is 11.2 Å². The second kappa shape index (κ2) is 10.7. The number of carbonyl (C=O) groups is 1. The maximum Gasteiger partial charge on any atom is 0.138 e. The third-order valence-electron chi connectivity index (χ3n) is 5.07. The van der Waals surface area contributed by atoms with Gasteiger partial charge in [0, 0.05) is 30.1 Å². The predicted octanol–water partition coefficient (Wildman–Crippen LogP) is 6.12. The number of rotatable bonds is 11. The molecule has 1 aromatic heterocycles. The fourth-order valence-electron chi connectivity index (χ4n) is 3.04. The number of aromatic nitrogens is 2. The van der Waals surface area contributed by atoms with Gasteiger partial charge in [0.05, 0.1) is 0 Å². The number of hydrogen-bond donors (Lipinski definition) is 0. The summed E-state index contributed by atoms with van der Waals surface area (Å²) in [6.45, 7) is 12.7. The van der Waals surface area contributed by atoms with E-state index in [0.29, 0.717) is 18.1 Å². The van der Waals surface area contributed by atoms with Gasteiger partial charge in [0.15, 0.2) is 0 Å². The molecular formula is C22H38N2O. The van der Waals surface area contributed by atoms with Gasteiger partial charge in [-0.05, 0) is 30.7 Å². The molecule has 1 aromatic rings. The van der Waals surface area contributed by atoms with Gasteiger partial charge >= 0.3 is 0 Å². The quantitative estimate of drug-likeness (QED) is 0.453. The van der Waals surface area contributed by atoms with Crippen LogP contribution in [0.1, 0.15) is 104 Å². The Morgan fingerprint density at radius 1 is 1.04 bits per heavy atom. The van der Waals surface area contributed by atoms with Crippen molar-refractivity contribution < 1.29 is 4.79 Å². The first-order chi connectivity index (χ1) is 11.8. The molecule has 0 aromatic carbocycles. The lowest BCUT2D eigenvalue weighted by atomic mass is 9.79. The Kier molecular flexibility index (Phi) is 9.31. The number of nitrogens with zero attached hydrogens (tertiary/aromatic N) is 2. The highest BCUT2D eigenvalue weighted by molar-refractivity contribution is 5.84. The highest BCUT2D eigenvalue weighted by Crippen LogP contribution is 2.33. The van der Waals surface area contributed by atoms with Crippen molar-refractivity contribution in [2.75, 3.05) is 0 Å². The fourth-order valence-corrected chi connectivity index (χ4v) is 3.04. The molecule has 2 atom stereocenters. The van der Waals surface area contributed by atoms with Gasteiger partial charge in [-0.2, -0.15) is 0 Å². The van der Waals surface area contributed by atoms with Gasteiger partial charge in [-0.3, -0.25) is 4.79 Å². The lowest BCUT2D eigenvalue weighted by Crippen LogP contribution is -2.25. The molecule has 3 nitrogen and oxygen atoms in total. The molecule has 0 bridgehead atoms. The number of carbonyl (C=O) groups excluding carboxylic acids is 1. The van der Waals surface area contributed by atoms with E-state index in [2.05, 4.69) is 30.7 Å². The molecule has 0 fully saturated rings. The topological polar surface area (TPSA) is 42.9 Å². The molecule has 0 spiro atoms. The molecule has 1 rings (SSSR count). The minimum atomic E-state index is -0.303. The minimum absolute atomic E-state index is 0.129. The first kappa shape index (κ1) is 21.8. The van der Waals surface area contributed by atoms with Gasteiger partial charge in [0.2, 0.25) is 0 Å². The van der Waals surface area contributed by atoms with E-state index < -0.39 is 0 Å². The third-order valence-corrected chi connectivity index (χ3v) is 5.07. The molecule has 0 aliphatic rings. The van der Waals surface area contributed by atoms with E-state index in [1.165, 1.54) is 37.7 Å². The van der Waals surface area contributed by atoms with Gasteiger partial charge in [-0.25, -0.2) is 9.97 Å². The Morgan fingerprint density at radius 2 is 1.64 bits per heavy atom. The van der Waals surface area contributed by atoms with Crippen molar-refractivity contribution in [2.45, 2.75) is 98.8 Å². The van der Waals surface area contributed by atoms with Crippen LogP contribution in [0.2, 0.25) is 0 Å². The van der Waals surface area contributed by atoms with Crippen molar-refractivity contribution >= 4 is 5.78 Å². The molecular weight excluding hydrogens is 308 g/mol. The van der Waals surface area contributed by atoms with Crippen molar-refractivity contribution in [3.63, 3.8) is 0 Å².